The maximum absolute atomic E-state index is 6.02. The van der Waals surface area contributed by atoms with E-state index in [1.807, 2.05) is 11.5 Å². The summed E-state index contributed by atoms with van der Waals surface area (Å²) in [6.45, 7) is 6.87. The average molecular weight is 378 g/mol. The van der Waals surface area contributed by atoms with Crippen molar-refractivity contribution in [2.75, 3.05) is 32.0 Å². The molecule has 146 valence electrons. The van der Waals surface area contributed by atoms with E-state index in [0.717, 1.165) is 5.92 Å². The Hall–Kier alpha value is -2.67. The van der Waals surface area contributed by atoms with Crippen molar-refractivity contribution in [3.63, 3.8) is 0 Å². The van der Waals surface area contributed by atoms with Gasteiger partial charge in [0.05, 0.1) is 19.5 Å². The molecule has 2 bridgehead atoms. The van der Waals surface area contributed by atoms with Crippen LogP contribution in [0.3, 0.4) is 0 Å². The zero-order valence-electron chi connectivity index (χ0n) is 16.2. The van der Waals surface area contributed by atoms with Gasteiger partial charge in [0.15, 0.2) is 17.0 Å². The lowest BCUT2D eigenvalue weighted by Crippen LogP contribution is -2.46. The quantitative estimate of drug-likeness (QED) is 0.735. The summed E-state index contributed by atoms with van der Waals surface area (Å²) < 4.78 is 7.43. The summed E-state index contributed by atoms with van der Waals surface area (Å²) >= 11 is 0. The molecule has 1 atom stereocenters. The number of hydrogen-bond acceptors (Lipinski definition) is 6. The predicted octanol–water partition coefficient (Wildman–Crippen LogP) is 2.66. The first-order chi connectivity index (χ1) is 13.7. The zero-order valence-corrected chi connectivity index (χ0v) is 16.2. The van der Waals surface area contributed by atoms with Gasteiger partial charge in [0.2, 0.25) is 0 Å². The van der Waals surface area contributed by atoms with Gasteiger partial charge in [-0.2, -0.15) is 9.97 Å². The van der Waals surface area contributed by atoms with Gasteiger partial charge in [-0.1, -0.05) is 24.3 Å². The van der Waals surface area contributed by atoms with E-state index in [4.69, 9.17) is 10.5 Å². The molecule has 0 saturated carbocycles. The Morgan fingerprint density at radius 1 is 1.14 bits per heavy atom. The highest BCUT2D eigenvalue weighted by molar-refractivity contribution is 5.81. The fourth-order valence-corrected chi connectivity index (χ4v) is 4.66. The van der Waals surface area contributed by atoms with E-state index in [1.54, 1.807) is 6.33 Å². The Balaban J connectivity index is 1.38. The molecule has 2 aromatic heterocycles. The van der Waals surface area contributed by atoms with Crippen molar-refractivity contribution in [3.8, 4) is 6.01 Å². The van der Waals surface area contributed by atoms with Crippen LogP contribution < -0.4 is 10.5 Å². The Morgan fingerprint density at radius 3 is 2.61 bits per heavy atom. The monoisotopic (exact) mass is 378 g/mol. The lowest BCUT2D eigenvalue weighted by atomic mass is 9.75. The van der Waals surface area contributed by atoms with E-state index < -0.39 is 0 Å². The fraction of sp³-hybridized carbons (Fsp3) is 0.476. The van der Waals surface area contributed by atoms with E-state index in [-0.39, 0.29) is 0 Å². The maximum Gasteiger partial charge on any atom is 0.320 e. The summed E-state index contributed by atoms with van der Waals surface area (Å²) in [5.74, 6) is 1.89. The minimum absolute atomic E-state index is 0.298. The number of nitrogen functional groups attached to an aromatic ring is 1. The number of imidazole rings is 1. The number of ether oxygens (including phenoxy) is 1. The van der Waals surface area contributed by atoms with Gasteiger partial charge in [-0.05, 0) is 55.8 Å². The maximum atomic E-state index is 6.02. The van der Waals surface area contributed by atoms with Crippen LogP contribution in [0.4, 0.5) is 5.82 Å². The molecule has 2 N–H and O–H groups in total. The molecule has 7 nitrogen and oxygen atoms in total. The smallest absolute Gasteiger partial charge is 0.320 e. The van der Waals surface area contributed by atoms with Crippen molar-refractivity contribution in [2.24, 2.45) is 5.92 Å². The van der Waals surface area contributed by atoms with E-state index in [1.165, 1.54) is 43.6 Å². The van der Waals surface area contributed by atoms with Crippen molar-refractivity contribution in [1.29, 1.82) is 0 Å². The summed E-state index contributed by atoms with van der Waals surface area (Å²) in [6, 6.07) is 9.36. The molecule has 1 aromatic carbocycles. The predicted molar refractivity (Wildman–Crippen MR) is 108 cm³/mol. The Morgan fingerprint density at radius 2 is 1.93 bits per heavy atom. The van der Waals surface area contributed by atoms with Gasteiger partial charge in [-0.15, -0.1) is 0 Å². The molecular formula is C21H26N6O. The number of anilines is 1. The van der Waals surface area contributed by atoms with Crippen molar-refractivity contribution in [3.05, 3.63) is 41.7 Å². The molecule has 3 aliphatic heterocycles. The summed E-state index contributed by atoms with van der Waals surface area (Å²) in [4.78, 5) is 15.6. The highest BCUT2D eigenvalue weighted by atomic mass is 16.5. The second kappa shape index (κ2) is 7.05. The Bertz CT molecular complexity index is 974. The third-order valence-corrected chi connectivity index (χ3v) is 6.16. The standard InChI is InChI=1S/C21H26N6O/c1-2-28-21-24-19(22)18-20(25-21)27(13-23-18)11-14-3-5-15(6-4-14)17-12-26-9-7-16(17)8-10-26/h3-6,13,16-17H,2,7-12H2,1H3,(H2,22,24,25). The molecule has 28 heavy (non-hydrogen) atoms. The Labute approximate surface area is 164 Å². The van der Waals surface area contributed by atoms with Crippen molar-refractivity contribution < 1.29 is 4.74 Å². The SMILES string of the molecule is CCOc1nc(N)c2ncn(Cc3ccc(C4CN5CCC4CC5)cc3)c2n1. The number of aromatic nitrogens is 4. The molecule has 3 saturated heterocycles. The molecule has 0 aliphatic carbocycles. The number of piperidine rings is 3. The second-order valence-electron chi connectivity index (χ2n) is 7.86. The largest absolute Gasteiger partial charge is 0.464 e. The molecule has 0 radical (unpaired) electrons. The fourth-order valence-electron chi connectivity index (χ4n) is 4.66. The molecule has 3 aliphatic rings. The van der Waals surface area contributed by atoms with Crippen LogP contribution >= 0.6 is 0 Å². The number of hydrogen-bond donors (Lipinski definition) is 1. The summed E-state index contributed by atoms with van der Waals surface area (Å²) in [5, 5.41) is 0. The first-order valence-corrected chi connectivity index (χ1v) is 10.1. The highest BCUT2D eigenvalue weighted by Crippen LogP contribution is 2.38. The van der Waals surface area contributed by atoms with Crippen LogP contribution in [0.5, 0.6) is 6.01 Å². The third-order valence-electron chi connectivity index (χ3n) is 6.16. The van der Waals surface area contributed by atoms with Crippen LogP contribution in [-0.2, 0) is 6.54 Å². The molecule has 6 rings (SSSR count). The van der Waals surface area contributed by atoms with Crippen LogP contribution in [0.1, 0.15) is 36.8 Å². The average Bonchev–Trinajstić information content (AvgIpc) is 3.13. The van der Waals surface area contributed by atoms with Gasteiger partial charge in [-0.3, -0.25) is 0 Å². The summed E-state index contributed by atoms with van der Waals surface area (Å²) in [6.07, 6.45) is 4.46. The third kappa shape index (κ3) is 3.09. The van der Waals surface area contributed by atoms with E-state index in [9.17, 15) is 0 Å². The molecular weight excluding hydrogens is 352 g/mol. The van der Waals surface area contributed by atoms with Crippen molar-refractivity contribution in [1.82, 2.24) is 24.4 Å². The van der Waals surface area contributed by atoms with Gasteiger partial charge < -0.3 is 19.9 Å². The molecule has 3 aromatic rings. The first-order valence-electron chi connectivity index (χ1n) is 10.1. The number of benzene rings is 1. The Kier molecular flexibility index (Phi) is 4.39. The molecule has 3 fully saturated rings. The topological polar surface area (TPSA) is 82.1 Å². The molecule has 5 heterocycles. The van der Waals surface area contributed by atoms with Crippen molar-refractivity contribution >= 4 is 17.0 Å². The number of nitrogens with two attached hydrogens (primary N) is 1. The van der Waals surface area contributed by atoms with Crippen LogP contribution in [0.2, 0.25) is 0 Å². The van der Waals surface area contributed by atoms with Gasteiger partial charge in [0.1, 0.15) is 0 Å². The highest BCUT2D eigenvalue weighted by Gasteiger charge is 2.34. The van der Waals surface area contributed by atoms with E-state index in [0.29, 0.717) is 42.1 Å². The van der Waals surface area contributed by atoms with Gasteiger partial charge in [0, 0.05) is 6.54 Å². The molecule has 0 amide bonds. The van der Waals surface area contributed by atoms with E-state index in [2.05, 4.69) is 44.1 Å². The zero-order chi connectivity index (χ0) is 19.1. The lowest BCUT2D eigenvalue weighted by molar-refractivity contribution is 0.0871. The van der Waals surface area contributed by atoms with Crippen LogP contribution in [-0.4, -0.2) is 50.7 Å². The number of fused-ring (bicyclic) bond motifs is 4. The second-order valence-corrected chi connectivity index (χ2v) is 7.86. The number of nitrogens with zero attached hydrogens (tertiary/aromatic N) is 5. The summed E-state index contributed by atoms with van der Waals surface area (Å²) in [7, 11) is 0. The first kappa shape index (κ1) is 17.4. The summed E-state index contributed by atoms with van der Waals surface area (Å²) in [5.41, 5.74) is 10.0. The molecule has 1 unspecified atom stereocenters. The number of rotatable bonds is 5. The van der Waals surface area contributed by atoms with Crippen LogP contribution in [0.25, 0.3) is 11.2 Å². The lowest BCUT2D eigenvalue weighted by Gasteiger charge is -2.45. The minimum Gasteiger partial charge on any atom is -0.464 e. The molecule has 0 spiro atoms. The van der Waals surface area contributed by atoms with Crippen LogP contribution in [0, 0.1) is 5.92 Å². The van der Waals surface area contributed by atoms with Gasteiger partial charge in [0.25, 0.3) is 0 Å². The van der Waals surface area contributed by atoms with Crippen LogP contribution in [0.15, 0.2) is 30.6 Å². The minimum atomic E-state index is 0.298. The van der Waals surface area contributed by atoms with Crippen molar-refractivity contribution in [2.45, 2.75) is 32.2 Å². The molecule has 7 heteroatoms. The van der Waals surface area contributed by atoms with Gasteiger partial charge >= 0.3 is 6.01 Å². The van der Waals surface area contributed by atoms with Gasteiger partial charge in [-0.25, -0.2) is 4.98 Å². The van der Waals surface area contributed by atoms with E-state index >= 15 is 0 Å². The normalized spacial score (nSPS) is 24.0.